The topological polar surface area (TPSA) is 49.6 Å². The molecule has 0 saturated heterocycles. The fraction of sp³-hybridized carbons (Fsp3) is 0.462. The van der Waals surface area contributed by atoms with E-state index in [2.05, 4.69) is 17.2 Å². The van der Waals surface area contributed by atoms with E-state index in [1.165, 1.54) is 0 Å². The molecular weight excluding hydrogens is 214 g/mol. The molecule has 0 amide bonds. The summed E-state index contributed by atoms with van der Waals surface area (Å²) in [6.07, 6.45) is 4.88. The van der Waals surface area contributed by atoms with Gasteiger partial charge in [0.05, 0.1) is 12.3 Å². The van der Waals surface area contributed by atoms with Gasteiger partial charge in [0.15, 0.2) is 0 Å². The van der Waals surface area contributed by atoms with Gasteiger partial charge in [-0.1, -0.05) is 13.0 Å². The Morgan fingerprint density at radius 3 is 2.94 bits per heavy atom. The van der Waals surface area contributed by atoms with Crippen LogP contribution in [-0.4, -0.2) is 26.6 Å². The molecule has 2 aromatic rings. The lowest BCUT2D eigenvalue weighted by atomic mass is 10.0. The predicted octanol–water partition coefficient (Wildman–Crippen LogP) is 1.58. The van der Waals surface area contributed by atoms with Crippen molar-refractivity contribution in [2.24, 2.45) is 0 Å². The first kappa shape index (κ1) is 12.1. The summed E-state index contributed by atoms with van der Waals surface area (Å²) in [5.74, 6) is 0. The smallest absolute Gasteiger partial charge is 0.137 e. The molecule has 2 rings (SSSR count). The number of imidazole rings is 1. The second kappa shape index (κ2) is 4.85. The number of rotatable bonds is 5. The van der Waals surface area contributed by atoms with Crippen molar-refractivity contribution in [3.63, 3.8) is 0 Å². The lowest BCUT2D eigenvalue weighted by molar-refractivity contribution is 0.168. The molecule has 4 nitrogen and oxygen atoms in total. The molecule has 0 aliphatic heterocycles. The first-order valence-corrected chi connectivity index (χ1v) is 5.95. The Kier molecular flexibility index (Phi) is 3.45. The zero-order valence-electron chi connectivity index (χ0n) is 10.3. The van der Waals surface area contributed by atoms with Gasteiger partial charge in [-0.15, -0.1) is 0 Å². The summed E-state index contributed by atoms with van der Waals surface area (Å²) in [7, 11) is 0. The molecule has 1 atom stereocenters. The average Bonchev–Trinajstić information content (AvgIpc) is 2.79. The first-order chi connectivity index (χ1) is 8.17. The minimum atomic E-state index is -0.226. The molecule has 0 aliphatic rings. The third-order valence-electron chi connectivity index (χ3n) is 3.24. The molecule has 0 spiro atoms. The van der Waals surface area contributed by atoms with E-state index in [-0.39, 0.29) is 12.1 Å². The number of nitrogens with zero attached hydrogens (tertiary/aromatic N) is 2. The van der Waals surface area contributed by atoms with Gasteiger partial charge in [0.1, 0.15) is 5.65 Å². The van der Waals surface area contributed by atoms with Crippen molar-refractivity contribution < 1.29 is 5.11 Å². The second-order valence-electron chi connectivity index (χ2n) is 4.62. The van der Waals surface area contributed by atoms with Crippen molar-refractivity contribution in [2.45, 2.75) is 32.4 Å². The second-order valence-corrected chi connectivity index (χ2v) is 4.62. The van der Waals surface area contributed by atoms with Crippen molar-refractivity contribution in [1.29, 1.82) is 0 Å². The SMILES string of the molecule is CCC(C)(CO)NCc1cn2ccccc2n1. The highest BCUT2D eigenvalue weighted by atomic mass is 16.3. The number of nitrogens with one attached hydrogen (secondary N) is 1. The quantitative estimate of drug-likeness (QED) is 0.824. The van der Waals surface area contributed by atoms with Crippen LogP contribution in [0.5, 0.6) is 0 Å². The maximum absolute atomic E-state index is 9.31. The Morgan fingerprint density at radius 1 is 1.47 bits per heavy atom. The van der Waals surface area contributed by atoms with Crippen molar-refractivity contribution in [3.05, 3.63) is 36.3 Å². The molecule has 92 valence electrons. The van der Waals surface area contributed by atoms with Gasteiger partial charge in [-0.25, -0.2) is 4.98 Å². The Balaban J connectivity index is 2.09. The number of hydrogen-bond donors (Lipinski definition) is 2. The van der Waals surface area contributed by atoms with E-state index >= 15 is 0 Å². The van der Waals surface area contributed by atoms with E-state index in [4.69, 9.17) is 0 Å². The molecule has 0 saturated carbocycles. The fourth-order valence-electron chi connectivity index (χ4n) is 1.67. The number of aliphatic hydroxyl groups is 1. The van der Waals surface area contributed by atoms with Crippen molar-refractivity contribution >= 4 is 5.65 Å². The minimum Gasteiger partial charge on any atom is -0.394 e. The standard InChI is InChI=1S/C13H19N3O/c1-3-13(2,10-17)14-8-11-9-16-7-5-4-6-12(16)15-11/h4-7,9,14,17H,3,8,10H2,1-2H3. The molecule has 0 fully saturated rings. The van der Waals surface area contributed by atoms with E-state index in [0.717, 1.165) is 17.8 Å². The zero-order chi connectivity index (χ0) is 12.3. The number of fused-ring (bicyclic) bond motifs is 1. The van der Waals surface area contributed by atoms with Crippen LogP contribution < -0.4 is 5.32 Å². The summed E-state index contributed by atoms with van der Waals surface area (Å²) < 4.78 is 2.00. The van der Waals surface area contributed by atoms with Crippen LogP contribution in [-0.2, 0) is 6.54 Å². The Bertz CT molecular complexity index is 455. The number of pyridine rings is 1. The van der Waals surface area contributed by atoms with Gasteiger partial charge in [0.2, 0.25) is 0 Å². The van der Waals surface area contributed by atoms with Gasteiger partial charge in [0, 0.05) is 24.5 Å². The Morgan fingerprint density at radius 2 is 2.29 bits per heavy atom. The van der Waals surface area contributed by atoms with Crippen molar-refractivity contribution in [3.8, 4) is 0 Å². The van der Waals surface area contributed by atoms with Crippen LogP contribution in [0.2, 0.25) is 0 Å². The van der Waals surface area contributed by atoms with Gasteiger partial charge in [0.25, 0.3) is 0 Å². The maximum Gasteiger partial charge on any atom is 0.137 e. The largest absolute Gasteiger partial charge is 0.394 e. The van der Waals surface area contributed by atoms with E-state index in [0.29, 0.717) is 6.54 Å². The van der Waals surface area contributed by atoms with Gasteiger partial charge in [-0.05, 0) is 25.5 Å². The summed E-state index contributed by atoms with van der Waals surface area (Å²) in [6.45, 7) is 4.89. The van der Waals surface area contributed by atoms with Crippen molar-refractivity contribution in [2.75, 3.05) is 6.61 Å². The van der Waals surface area contributed by atoms with Crippen molar-refractivity contribution in [1.82, 2.24) is 14.7 Å². The van der Waals surface area contributed by atoms with Crippen LogP contribution in [0.4, 0.5) is 0 Å². The predicted molar refractivity (Wildman–Crippen MR) is 67.8 cm³/mol. The van der Waals surface area contributed by atoms with Crippen LogP contribution in [0.25, 0.3) is 5.65 Å². The summed E-state index contributed by atoms with van der Waals surface area (Å²) in [6, 6.07) is 5.94. The molecule has 4 heteroatoms. The molecule has 0 aromatic carbocycles. The van der Waals surface area contributed by atoms with Gasteiger partial charge >= 0.3 is 0 Å². The Hall–Kier alpha value is -1.39. The molecule has 2 aromatic heterocycles. The van der Waals surface area contributed by atoms with E-state index in [1.807, 2.05) is 41.9 Å². The van der Waals surface area contributed by atoms with Crippen LogP contribution in [0.15, 0.2) is 30.6 Å². The summed E-state index contributed by atoms with van der Waals surface area (Å²) in [5.41, 5.74) is 1.71. The summed E-state index contributed by atoms with van der Waals surface area (Å²) >= 11 is 0. The molecule has 2 heterocycles. The first-order valence-electron chi connectivity index (χ1n) is 5.95. The summed E-state index contributed by atoms with van der Waals surface area (Å²) in [5, 5.41) is 12.7. The van der Waals surface area contributed by atoms with Gasteiger partial charge in [-0.3, -0.25) is 0 Å². The molecule has 0 radical (unpaired) electrons. The third kappa shape index (κ3) is 2.65. The zero-order valence-corrected chi connectivity index (χ0v) is 10.3. The lowest BCUT2D eigenvalue weighted by Gasteiger charge is -2.26. The number of aromatic nitrogens is 2. The highest BCUT2D eigenvalue weighted by Crippen LogP contribution is 2.10. The third-order valence-corrected chi connectivity index (χ3v) is 3.24. The number of hydrogen-bond acceptors (Lipinski definition) is 3. The van der Waals surface area contributed by atoms with Crippen LogP contribution in [0, 0.1) is 0 Å². The average molecular weight is 233 g/mol. The monoisotopic (exact) mass is 233 g/mol. The highest BCUT2D eigenvalue weighted by Gasteiger charge is 2.19. The maximum atomic E-state index is 9.31. The van der Waals surface area contributed by atoms with E-state index < -0.39 is 0 Å². The van der Waals surface area contributed by atoms with Crippen LogP contribution >= 0.6 is 0 Å². The minimum absolute atomic E-state index is 0.136. The lowest BCUT2D eigenvalue weighted by Crippen LogP contribution is -2.44. The van der Waals surface area contributed by atoms with E-state index in [9.17, 15) is 5.11 Å². The molecule has 2 N–H and O–H groups in total. The molecule has 0 bridgehead atoms. The summed E-state index contributed by atoms with van der Waals surface area (Å²) in [4.78, 5) is 4.50. The van der Waals surface area contributed by atoms with Crippen LogP contribution in [0.3, 0.4) is 0 Å². The van der Waals surface area contributed by atoms with Gasteiger partial charge in [-0.2, -0.15) is 0 Å². The normalized spacial score (nSPS) is 15.0. The van der Waals surface area contributed by atoms with E-state index in [1.54, 1.807) is 0 Å². The molecule has 0 aliphatic carbocycles. The molecular formula is C13H19N3O. The fourth-order valence-corrected chi connectivity index (χ4v) is 1.67. The number of aliphatic hydroxyl groups excluding tert-OH is 1. The Labute approximate surface area is 101 Å². The van der Waals surface area contributed by atoms with Gasteiger partial charge < -0.3 is 14.8 Å². The highest BCUT2D eigenvalue weighted by molar-refractivity contribution is 5.39. The molecule has 17 heavy (non-hydrogen) atoms. The van der Waals surface area contributed by atoms with Crippen LogP contribution in [0.1, 0.15) is 26.0 Å². The molecule has 1 unspecified atom stereocenters.